The number of allylic oxidation sites excluding steroid dienone is 1. The largest absolute Gasteiger partial charge is 0.465 e. The van der Waals surface area contributed by atoms with Crippen molar-refractivity contribution in [3.05, 3.63) is 42.0 Å². The first kappa shape index (κ1) is 17.0. The summed E-state index contributed by atoms with van der Waals surface area (Å²) in [6, 6.07) is 7.02. The van der Waals surface area contributed by atoms with Crippen LogP contribution < -0.4 is 0 Å². The molecule has 0 fully saturated rings. The van der Waals surface area contributed by atoms with E-state index in [2.05, 4.69) is 11.3 Å². The Morgan fingerprint density at radius 3 is 2.48 bits per heavy atom. The van der Waals surface area contributed by atoms with Gasteiger partial charge in [-0.25, -0.2) is 4.79 Å². The van der Waals surface area contributed by atoms with Gasteiger partial charge in [0.25, 0.3) is 0 Å². The van der Waals surface area contributed by atoms with E-state index in [0.717, 1.165) is 11.1 Å². The Hall–Kier alpha value is -2.10. The van der Waals surface area contributed by atoms with Crippen molar-refractivity contribution < 1.29 is 19.1 Å². The van der Waals surface area contributed by atoms with Crippen LogP contribution in [0.5, 0.6) is 0 Å². The van der Waals surface area contributed by atoms with Gasteiger partial charge in [0.1, 0.15) is 0 Å². The average molecular weight is 290 g/mol. The molecule has 0 aliphatic carbocycles. The predicted molar refractivity (Wildman–Crippen MR) is 81.8 cm³/mol. The minimum Gasteiger partial charge on any atom is -0.465 e. The Morgan fingerprint density at radius 2 is 1.86 bits per heavy atom. The Bertz CT molecular complexity index is 517. The Labute approximate surface area is 125 Å². The van der Waals surface area contributed by atoms with E-state index in [1.54, 1.807) is 18.2 Å². The van der Waals surface area contributed by atoms with Crippen LogP contribution in [0.4, 0.5) is 0 Å². The van der Waals surface area contributed by atoms with Crippen LogP contribution in [0, 0.1) is 5.92 Å². The molecule has 4 heteroatoms. The first-order valence-electron chi connectivity index (χ1n) is 6.96. The highest BCUT2D eigenvalue weighted by atomic mass is 16.5. The lowest BCUT2D eigenvalue weighted by Gasteiger charge is -2.09. The molecule has 0 saturated heterocycles. The summed E-state index contributed by atoms with van der Waals surface area (Å²) in [7, 11) is 1.34. The van der Waals surface area contributed by atoms with Crippen LogP contribution in [0.1, 0.15) is 42.6 Å². The van der Waals surface area contributed by atoms with E-state index in [9.17, 15) is 9.59 Å². The lowest BCUT2D eigenvalue weighted by atomic mass is 10.0. The van der Waals surface area contributed by atoms with E-state index in [0.29, 0.717) is 24.5 Å². The lowest BCUT2D eigenvalue weighted by Crippen LogP contribution is -2.09. The third-order valence-electron chi connectivity index (χ3n) is 2.90. The summed E-state index contributed by atoms with van der Waals surface area (Å²) in [5.41, 5.74) is 2.09. The van der Waals surface area contributed by atoms with Gasteiger partial charge in [-0.05, 0) is 35.6 Å². The summed E-state index contributed by atoms with van der Waals surface area (Å²) >= 11 is 0. The fourth-order valence-electron chi connectivity index (χ4n) is 1.71. The molecule has 1 aromatic rings. The van der Waals surface area contributed by atoms with Gasteiger partial charge in [0.2, 0.25) is 0 Å². The number of methoxy groups -OCH3 is 1. The molecular formula is C17H22O4. The van der Waals surface area contributed by atoms with Crippen molar-refractivity contribution in [3.63, 3.8) is 0 Å². The van der Waals surface area contributed by atoms with Crippen molar-refractivity contribution in [2.45, 2.75) is 26.7 Å². The van der Waals surface area contributed by atoms with Gasteiger partial charge in [-0.1, -0.05) is 32.6 Å². The van der Waals surface area contributed by atoms with Crippen LogP contribution in [0.25, 0.3) is 5.57 Å². The highest BCUT2D eigenvalue weighted by molar-refractivity contribution is 5.90. The quantitative estimate of drug-likeness (QED) is 0.722. The molecule has 0 saturated carbocycles. The first-order valence-corrected chi connectivity index (χ1v) is 6.96. The second-order valence-electron chi connectivity index (χ2n) is 5.25. The standard InChI is InChI=1S/C17H22O4/c1-12(2)11-21-16(18)9-8-13(3)14-6-5-7-15(10-14)17(19)20-4/h5-7,10,12H,3,8-9,11H2,1-2,4H3. The van der Waals surface area contributed by atoms with Crippen LogP contribution >= 0.6 is 0 Å². The van der Waals surface area contributed by atoms with Crippen molar-refractivity contribution in [1.29, 1.82) is 0 Å². The van der Waals surface area contributed by atoms with E-state index in [1.807, 2.05) is 19.9 Å². The molecule has 0 aromatic heterocycles. The second-order valence-corrected chi connectivity index (χ2v) is 5.25. The molecule has 114 valence electrons. The molecule has 0 spiro atoms. The minimum absolute atomic E-state index is 0.228. The summed E-state index contributed by atoms with van der Waals surface area (Å²) in [5.74, 6) is -0.288. The number of ether oxygens (including phenoxy) is 2. The minimum atomic E-state index is -0.388. The van der Waals surface area contributed by atoms with Gasteiger partial charge in [0.05, 0.1) is 19.3 Å². The Morgan fingerprint density at radius 1 is 1.19 bits per heavy atom. The van der Waals surface area contributed by atoms with Crippen molar-refractivity contribution in [2.75, 3.05) is 13.7 Å². The summed E-state index contributed by atoms with van der Waals surface area (Å²) in [6.07, 6.45) is 0.787. The molecule has 1 rings (SSSR count). The third-order valence-corrected chi connectivity index (χ3v) is 2.90. The van der Waals surface area contributed by atoms with Gasteiger partial charge in [-0.2, -0.15) is 0 Å². The molecule has 0 atom stereocenters. The number of rotatable bonds is 7. The average Bonchev–Trinajstić information content (AvgIpc) is 2.49. The van der Waals surface area contributed by atoms with Crippen LogP contribution in [0.2, 0.25) is 0 Å². The number of carbonyl (C=O) groups is 2. The maximum Gasteiger partial charge on any atom is 0.337 e. The molecule has 21 heavy (non-hydrogen) atoms. The lowest BCUT2D eigenvalue weighted by molar-refractivity contribution is -0.144. The van der Waals surface area contributed by atoms with E-state index in [1.165, 1.54) is 7.11 Å². The maximum absolute atomic E-state index is 11.6. The SMILES string of the molecule is C=C(CCC(=O)OCC(C)C)c1cccc(C(=O)OC)c1. The number of hydrogen-bond donors (Lipinski definition) is 0. The van der Waals surface area contributed by atoms with Crippen molar-refractivity contribution in [2.24, 2.45) is 5.92 Å². The van der Waals surface area contributed by atoms with Crippen LogP contribution in [-0.2, 0) is 14.3 Å². The molecule has 0 unspecified atom stereocenters. The monoisotopic (exact) mass is 290 g/mol. The van der Waals surface area contributed by atoms with Crippen LogP contribution in [-0.4, -0.2) is 25.7 Å². The van der Waals surface area contributed by atoms with Crippen molar-refractivity contribution >= 4 is 17.5 Å². The van der Waals surface area contributed by atoms with E-state index < -0.39 is 0 Å². The molecule has 4 nitrogen and oxygen atoms in total. The highest BCUT2D eigenvalue weighted by Gasteiger charge is 2.10. The number of hydrogen-bond acceptors (Lipinski definition) is 4. The second kappa shape index (κ2) is 8.25. The van der Waals surface area contributed by atoms with E-state index >= 15 is 0 Å². The van der Waals surface area contributed by atoms with Gasteiger partial charge < -0.3 is 9.47 Å². The summed E-state index contributed by atoms with van der Waals surface area (Å²) in [4.78, 5) is 23.0. The molecule has 0 aliphatic rings. The molecule has 0 radical (unpaired) electrons. The first-order chi connectivity index (χ1) is 9.93. The highest BCUT2D eigenvalue weighted by Crippen LogP contribution is 2.19. The molecule has 0 N–H and O–H groups in total. The van der Waals surface area contributed by atoms with Gasteiger partial charge in [0.15, 0.2) is 0 Å². The predicted octanol–water partition coefficient (Wildman–Crippen LogP) is 3.47. The normalized spacial score (nSPS) is 10.3. The number of carbonyl (C=O) groups excluding carboxylic acids is 2. The van der Waals surface area contributed by atoms with Crippen molar-refractivity contribution in [1.82, 2.24) is 0 Å². The number of benzene rings is 1. The molecule has 0 bridgehead atoms. The summed E-state index contributed by atoms with van der Waals surface area (Å²) in [6.45, 7) is 8.37. The van der Waals surface area contributed by atoms with Crippen LogP contribution in [0.15, 0.2) is 30.8 Å². The topological polar surface area (TPSA) is 52.6 Å². The smallest absolute Gasteiger partial charge is 0.337 e. The Balaban J connectivity index is 2.56. The summed E-state index contributed by atoms with van der Waals surface area (Å²) < 4.78 is 9.80. The van der Waals surface area contributed by atoms with E-state index in [4.69, 9.17) is 4.74 Å². The number of esters is 2. The van der Waals surface area contributed by atoms with Crippen LogP contribution in [0.3, 0.4) is 0 Å². The summed E-state index contributed by atoms with van der Waals surface area (Å²) in [5, 5.41) is 0. The molecule has 0 aliphatic heterocycles. The zero-order valence-electron chi connectivity index (χ0n) is 12.8. The molecule has 0 amide bonds. The van der Waals surface area contributed by atoms with Crippen molar-refractivity contribution in [3.8, 4) is 0 Å². The Kier molecular flexibility index (Phi) is 6.66. The van der Waals surface area contributed by atoms with Gasteiger partial charge in [0, 0.05) is 6.42 Å². The fourth-order valence-corrected chi connectivity index (χ4v) is 1.71. The molecule has 0 heterocycles. The van der Waals surface area contributed by atoms with Gasteiger partial charge >= 0.3 is 11.9 Å². The maximum atomic E-state index is 11.6. The van der Waals surface area contributed by atoms with Gasteiger partial charge in [-0.3, -0.25) is 4.79 Å². The third kappa shape index (κ3) is 5.81. The zero-order chi connectivity index (χ0) is 15.8. The fraction of sp³-hybridized carbons (Fsp3) is 0.412. The molecule has 1 aromatic carbocycles. The zero-order valence-corrected chi connectivity index (χ0v) is 12.8. The molecular weight excluding hydrogens is 268 g/mol. The van der Waals surface area contributed by atoms with E-state index in [-0.39, 0.29) is 18.4 Å². The van der Waals surface area contributed by atoms with Gasteiger partial charge in [-0.15, -0.1) is 0 Å².